The predicted molar refractivity (Wildman–Crippen MR) is 147 cm³/mol. The predicted octanol–water partition coefficient (Wildman–Crippen LogP) is 2.30. The van der Waals surface area contributed by atoms with E-state index in [0.717, 1.165) is 21.9 Å². The van der Waals surface area contributed by atoms with Crippen LogP contribution in [0, 0.1) is 0 Å². The van der Waals surface area contributed by atoms with Gasteiger partial charge in [-0.25, -0.2) is 15.2 Å². The van der Waals surface area contributed by atoms with E-state index in [9.17, 15) is 19.2 Å². The second-order valence-electron chi connectivity index (χ2n) is 8.32. The zero-order valence-corrected chi connectivity index (χ0v) is 21.7. The number of carbonyl (C=O) groups excluding carboxylic acids is 2. The molecule has 13 heteroatoms. The van der Waals surface area contributed by atoms with Crippen molar-refractivity contribution < 1.29 is 9.59 Å². The molecular weight excluding hydrogens is 530 g/mol. The smallest absolute Gasteiger partial charge is 0.315 e. The summed E-state index contributed by atoms with van der Waals surface area (Å²) in [6.45, 7) is -0.280. The van der Waals surface area contributed by atoms with Gasteiger partial charge in [-0.2, -0.15) is 0 Å². The van der Waals surface area contributed by atoms with Crippen molar-refractivity contribution in [1.29, 1.82) is 0 Å². The molecule has 192 valence electrons. The third-order valence-electron chi connectivity index (χ3n) is 5.80. The number of thioether (sulfide) groups is 1. The Bertz CT molecular complexity index is 1750. The van der Waals surface area contributed by atoms with E-state index in [1.807, 2.05) is 6.07 Å². The van der Waals surface area contributed by atoms with Crippen LogP contribution >= 0.6 is 23.4 Å². The van der Waals surface area contributed by atoms with E-state index in [2.05, 4.69) is 15.5 Å². The van der Waals surface area contributed by atoms with Crippen LogP contribution in [-0.2, 0) is 30.2 Å². The minimum absolute atomic E-state index is 0.113. The van der Waals surface area contributed by atoms with Gasteiger partial charge in [-0.15, -0.1) is 5.10 Å². The number of hydrogen-bond acceptors (Lipinski definition) is 7. The molecule has 0 unspecified atom stereocenters. The van der Waals surface area contributed by atoms with Gasteiger partial charge in [0.2, 0.25) is 0 Å². The lowest BCUT2D eigenvalue weighted by molar-refractivity contribution is -0.121. The van der Waals surface area contributed by atoms with E-state index in [4.69, 9.17) is 11.6 Å². The number of amides is 2. The fourth-order valence-corrected chi connectivity index (χ4v) is 4.95. The molecule has 0 radical (unpaired) electrons. The molecule has 3 heterocycles. The van der Waals surface area contributed by atoms with Gasteiger partial charge in [0, 0.05) is 19.1 Å². The average Bonchev–Trinajstić information content (AvgIpc) is 3.47. The Morgan fingerprint density at radius 3 is 2.47 bits per heavy atom. The molecule has 4 aromatic rings. The van der Waals surface area contributed by atoms with Gasteiger partial charge in [-0.3, -0.25) is 28.4 Å². The number of benzene rings is 2. The molecule has 38 heavy (non-hydrogen) atoms. The van der Waals surface area contributed by atoms with Gasteiger partial charge in [0.05, 0.1) is 16.9 Å². The highest BCUT2D eigenvalue weighted by Gasteiger charge is 2.35. The molecule has 5 rings (SSSR count). The Kier molecular flexibility index (Phi) is 6.74. The third-order valence-corrected chi connectivity index (χ3v) is 7.02. The van der Waals surface area contributed by atoms with Gasteiger partial charge in [-0.1, -0.05) is 41.9 Å². The summed E-state index contributed by atoms with van der Waals surface area (Å²) in [5, 5.41) is 5.06. The number of imidazole rings is 1. The van der Waals surface area contributed by atoms with Crippen molar-refractivity contribution in [1.82, 2.24) is 24.1 Å². The standard InChI is InChI=1S/C25H20ClN7O4S/c1-30-21-20(23(36)31(2)25(30)37)32(14-27-21)13-19(34)28-29-24-33(17-6-4-3-5-7-17)22(35)18(38-24)12-15-8-10-16(26)11-9-15/h3-12,14H,13H2,1-2H3,(H,28,34)/b18-12+,29-24+. The van der Waals surface area contributed by atoms with Crippen LogP contribution in [0.2, 0.25) is 5.02 Å². The first kappa shape index (κ1) is 25.2. The number of carbonyl (C=O) groups is 2. The topological polar surface area (TPSA) is 124 Å². The Labute approximate surface area is 224 Å². The van der Waals surface area contributed by atoms with E-state index in [1.165, 1.54) is 34.5 Å². The normalized spacial score (nSPS) is 15.7. The van der Waals surface area contributed by atoms with E-state index in [1.54, 1.807) is 54.6 Å². The lowest BCUT2D eigenvalue weighted by Gasteiger charge is -2.15. The zero-order chi connectivity index (χ0) is 27.0. The van der Waals surface area contributed by atoms with Crippen molar-refractivity contribution in [2.24, 2.45) is 19.2 Å². The summed E-state index contributed by atoms with van der Waals surface area (Å²) in [7, 11) is 2.85. The number of aromatic nitrogens is 4. The molecule has 1 N–H and O–H groups in total. The Morgan fingerprint density at radius 1 is 1.05 bits per heavy atom. The molecule has 1 aliphatic heterocycles. The van der Waals surface area contributed by atoms with Gasteiger partial charge in [0.25, 0.3) is 17.4 Å². The Balaban J connectivity index is 1.43. The Morgan fingerprint density at radius 2 is 1.76 bits per heavy atom. The number of hydrogen-bond donors (Lipinski definition) is 1. The van der Waals surface area contributed by atoms with Crippen molar-refractivity contribution in [3.05, 3.63) is 97.3 Å². The third kappa shape index (κ3) is 4.66. The maximum Gasteiger partial charge on any atom is 0.332 e. The molecule has 11 nitrogen and oxygen atoms in total. The van der Waals surface area contributed by atoms with Gasteiger partial charge >= 0.3 is 5.69 Å². The minimum Gasteiger partial charge on any atom is -0.315 e. The summed E-state index contributed by atoms with van der Waals surface area (Å²) in [6.07, 6.45) is 3.04. The molecule has 0 bridgehead atoms. The van der Waals surface area contributed by atoms with E-state index >= 15 is 0 Å². The van der Waals surface area contributed by atoms with Crippen molar-refractivity contribution in [3.63, 3.8) is 0 Å². The average molecular weight is 550 g/mol. The molecule has 0 saturated carbocycles. The SMILES string of the molecule is Cn1c(=O)c2c(ncn2CC(=O)N/N=C2/S/C(=C/c3ccc(Cl)cc3)C(=O)N2c2ccccc2)n(C)c1=O. The molecular formula is C25H20ClN7O4S. The van der Waals surface area contributed by atoms with Crippen LogP contribution in [0.15, 0.2) is 80.5 Å². The monoisotopic (exact) mass is 549 g/mol. The highest BCUT2D eigenvalue weighted by Crippen LogP contribution is 2.35. The molecule has 0 atom stereocenters. The van der Waals surface area contributed by atoms with Crippen LogP contribution in [0.25, 0.3) is 17.2 Å². The second-order valence-corrected chi connectivity index (χ2v) is 9.76. The molecule has 2 aromatic heterocycles. The number of nitrogens with one attached hydrogen (secondary N) is 1. The highest BCUT2D eigenvalue weighted by atomic mass is 35.5. The molecule has 1 saturated heterocycles. The first-order valence-corrected chi connectivity index (χ1v) is 12.5. The fourth-order valence-electron chi connectivity index (χ4n) is 3.88. The number of rotatable bonds is 5. The molecule has 0 spiro atoms. The molecule has 2 aromatic carbocycles. The number of fused-ring (bicyclic) bond motifs is 1. The molecule has 0 aliphatic carbocycles. The van der Waals surface area contributed by atoms with Gasteiger partial charge in [-0.05, 0) is 47.7 Å². The van der Waals surface area contributed by atoms with Gasteiger partial charge in [0.15, 0.2) is 16.3 Å². The van der Waals surface area contributed by atoms with Crippen LogP contribution in [0.1, 0.15) is 5.56 Å². The number of nitrogens with zero attached hydrogens (tertiary/aromatic N) is 6. The largest absolute Gasteiger partial charge is 0.332 e. The highest BCUT2D eigenvalue weighted by molar-refractivity contribution is 8.19. The number of halogens is 1. The minimum atomic E-state index is -0.566. The molecule has 1 aliphatic rings. The number of aryl methyl sites for hydroxylation is 1. The number of anilines is 1. The summed E-state index contributed by atoms with van der Waals surface area (Å²) in [5.74, 6) is -0.849. The molecule has 1 fully saturated rings. The van der Waals surface area contributed by atoms with E-state index < -0.39 is 17.2 Å². The number of amidine groups is 1. The summed E-state index contributed by atoms with van der Waals surface area (Å²) in [5.41, 5.74) is 3.03. The van der Waals surface area contributed by atoms with Gasteiger partial charge in [0.1, 0.15) is 6.54 Å². The quantitative estimate of drug-likeness (QED) is 0.301. The van der Waals surface area contributed by atoms with Crippen LogP contribution in [0.4, 0.5) is 5.69 Å². The van der Waals surface area contributed by atoms with E-state index in [-0.39, 0.29) is 28.8 Å². The van der Waals surface area contributed by atoms with Crippen molar-refractivity contribution in [3.8, 4) is 0 Å². The number of hydrazone groups is 1. The first-order valence-electron chi connectivity index (χ1n) is 11.3. The van der Waals surface area contributed by atoms with Crippen LogP contribution < -0.4 is 21.6 Å². The maximum atomic E-state index is 13.3. The summed E-state index contributed by atoms with van der Waals surface area (Å²) in [4.78, 5) is 56.8. The van der Waals surface area contributed by atoms with Crippen molar-refractivity contribution >= 4 is 63.3 Å². The first-order chi connectivity index (χ1) is 18.2. The van der Waals surface area contributed by atoms with Crippen LogP contribution in [0.5, 0.6) is 0 Å². The lowest BCUT2D eigenvalue weighted by atomic mass is 10.2. The van der Waals surface area contributed by atoms with Crippen molar-refractivity contribution in [2.45, 2.75) is 6.54 Å². The Hall–Kier alpha value is -4.42. The van der Waals surface area contributed by atoms with Crippen molar-refractivity contribution in [2.75, 3.05) is 4.90 Å². The summed E-state index contributed by atoms with van der Waals surface area (Å²) >= 11 is 7.08. The van der Waals surface area contributed by atoms with E-state index in [0.29, 0.717) is 15.6 Å². The van der Waals surface area contributed by atoms with Gasteiger partial charge < -0.3 is 4.57 Å². The summed E-state index contributed by atoms with van der Waals surface area (Å²) in [6, 6.07) is 16.0. The van der Waals surface area contributed by atoms with Crippen LogP contribution in [-0.4, -0.2) is 35.7 Å². The summed E-state index contributed by atoms with van der Waals surface area (Å²) < 4.78 is 3.53. The zero-order valence-electron chi connectivity index (χ0n) is 20.2. The second kappa shape index (κ2) is 10.1. The van der Waals surface area contributed by atoms with Crippen LogP contribution in [0.3, 0.4) is 0 Å². The maximum absolute atomic E-state index is 13.3. The number of para-hydroxylation sites is 1. The fraction of sp³-hybridized carbons (Fsp3) is 0.120. The lowest BCUT2D eigenvalue weighted by Crippen LogP contribution is -2.38. The molecule has 2 amide bonds.